The molecule has 1 N–H and O–H groups in total. The van der Waals surface area contributed by atoms with Crippen LogP contribution in [0.5, 0.6) is 5.75 Å². The Balaban J connectivity index is 1.85. The monoisotopic (exact) mass is 439 g/mol. The number of nitrogens with zero attached hydrogens (tertiary/aromatic N) is 1. The maximum Gasteiger partial charge on any atom is 0.295 e. The second-order valence-electron chi connectivity index (χ2n) is 7.26. The van der Waals surface area contributed by atoms with Crippen LogP contribution in [-0.2, 0) is 14.6 Å². The average Bonchev–Trinajstić information content (AvgIpc) is 3.29. The molecule has 1 aromatic heterocycles. The molecule has 8 heteroatoms. The average molecular weight is 439 g/mol. The molecule has 0 aliphatic carbocycles. The molecule has 0 radical (unpaired) electrons. The predicted octanol–water partition coefficient (Wildman–Crippen LogP) is 4.17. The summed E-state index contributed by atoms with van der Waals surface area (Å²) in [6.07, 6.45) is 0.972. The fourth-order valence-corrected chi connectivity index (χ4v) is 4.85. The maximum atomic E-state index is 13.0. The lowest BCUT2D eigenvalue weighted by molar-refractivity contribution is -0.117. The number of ether oxygens (including phenoxy) is 1. The molecule has 7 nitrogen and oxygen atoms in total. The van der Waals surface area contributed by atoms with Gasteiger partial charge < -0.3 is 14.3 Å². The van der Waals surface area contributed by atoms with E-state index in [0.717, 1.165) is 17.6 Å². The van der Waals surface area contributed by atoms with Crippen molar-refractivity contribution >= 4 is 21.4 Å². The molecule has 0 bridgehead atoms. The van der Waals surface area contributed by atoms with Gasteiger partial charge in [0.2, 0.25) is 0 Å². The summed E-state index contributed by atoms with van der Waals surface area (Å²) in [7, 11) is -2.44. The Hall–Kier alpha value is -3.52. The molecule has 31 heavy (non-hydrogen) atoms. The molecule has 1 aliphatic rings. The van der Waals surface area contributed by atoms with Crippen LogP contribution in [0.25, 0.3) is 11.3 Å². The number of carbonyl (C=O) groups excluding carboxylic acids is 1. The van der Waals surface area contributed by atoms with Crippen LogP contribution in [0.3, 0.4) is 0 Å². The summed E-state index contributed by atoms with van der Waals surface area (Å²) in [5.41, 5.74) is 1.68. The van der Waals surface area contributed by atoms with Crippen molar-refractivity contribution in [2.75, 3.05) is 18.3 Å². The van der Waals surface area contributed by atoms with E-state index in [1.165, 1.54) is 12.0 Å². The highest BCUT2D eigenvalue weighted by Crippen LogP contribution is 2.45. The van der Waals surface area contributed by atoms with Gasteiger partial charge in [-0.05, 0) is 49.4 Å². The molecule has 160 valence electrons. The van der Waals surface area contributed by atoms with Crippen molar-refractivity contribution in [3.63, 3.8) is 0 Å². The van der Waals surface area contributed by atoms with Gasteiger partial charge in [-0.25, -0.2) is 8.42 Å². The lowest BCUT2D eigenvalue weighted by Crippen LogP contribution is -2.31. The fraction of sp³-hybridized carbons (Fsp3) is 0.174. The zero-order valence-electron chi connectivity index (χ0n) is 17.2. The Labute approximate surface area is 180 Å². The lowest BCUT2D eigenvalue weighted by Gasteiger charge is -2.27. The third-order valence-electron chi connectivity index (χ3n) is 5.16. The van der Waals surface area contributed by atoms with E-state index in [4.69, 9.17) is 9.15 Å². The summed E-state index contributed by atoms with van der Waals surface area (Å²) in [6.45, 7) is 1.85. The first-order valence-electron chi connectivity index (χ1n) is 9.49. The quantitative estimate of drug-likeness (QED) is 0.641. The number of aliphatic hydroxyl groups excluding tert-OH is 1. The van der Waals surface area contributed by atoms with Gasteiger partial charge >= 0.3 is 0 Å². The molecule has 4 rings (SSSR count). The molecule has 1 unspecified atom stereocenters. The van der Waals surface area contributed by atoms with E-state index in [0.29, 0.717) is 22.8 Å². The predicted molar refractivity (Wildman–Crippen MR) is 117 cm³/mol. The first kappa shape index (κ1) is 20.7. The molecule has 1 atom stereocenters. The van der Waals surface area contributed by atoms with Gasteiger partial charge in [-0.15, -0.1) is 0 Å². The molecule has 2 aromatic carbocycles. The van der Waals surface area contributed by atoms with Crippen molar-refractivity contribution in [2.24, 2.45) is 0 Å². The second-order valence-corrected chi connectivity index (χ2v) is 9.25. The third kappa shape index (κ3) is 3.59. The van der Waals surface area contributed by atoms with Crippen molar-refractivity contribution in [2.45, 2.75) is 13.0 Å². The number of carbonyl (C=O) groups is 1. The van der Waals surface area contributed by atoms with Crippen LogP contribution in [0.2, 0.25) is 0 Å². The maximum absolute atomic E-state index is 13.0. The smallest absolute Gasteiger partial charge is 0.295 e. The number of amides is 1. The van der Waals surface area contributed by atoms with Gasteiger partial charge in [0.05, 0.1) is 7.11 Å². The van der Waals surface area contributed by atoms with Crippen molar-refractivity contribution in [1.29, 1.82) is 0 Å². The minimum absolute atomic E-state index is 0.354. The van der Waals surface area contributed by atoms with E-state index in [1.807, 2.05) is 19.1 Å². The van der Waals surface area contributed by atoms with Gasteiger partial charge in [0.25, 0.3) is 5.91 Å². The first-order valence-corrected chi connectivity index (χ1v) is 11.4. The molecular weight excluding hydrogens is 418 g/mol. The number of sulfone groups is 1. The molecule has 0 spiro atoms. The number of anilines is 1. The number of benzene rings is 2. The number of rotatable bonds is 5. The van der Waals surface area contributed by atoms with Crippen LogP contribution in [0, 0.1) is 6.92 Å². The highest BCUT2D eigenvalue weighted by Gasteiger charge is 2.46. The molecule has 3 aromatic rings. The third-order valence-corrected chi connectivity index (χ3v) is 6.38. The van der Waals surface area contributed by atoms with E-state index < -0.39 is 27.5 Å². The standard InChI is InChI=1S/C23H21NO6S/c1-14-8-13-18(30-14)15-9-11-16(12-10-15)24-20(17-6-4-5-7-19(17)29-2)22(31(3,27)28)21(25)23(24)26/h4-13,20,25H,1-3H3. The van der Waals surface area contributed by atoms with Gasteiger partial charge in [0.1, 0.15) is 28.2 Å². The Bertz CT molecular complexity index is 1290. The number of para-hydroxylation sites is 1. The Morgan fingerprint density at radius 1 is 1.03 bits per heavy atom. The Kier molecular flexibility index (Phi) is 5.10. The van der Waals surface area contributed by atoms with Crippen molar-refractivity contribution in [1.82, 2.24) is 0 Å². The van der Waals surface area contributed by atoms with Gasteiger partial charge in [-0.1, -0.05) is 18.2 Å². The largest absolute Gasteiger partial charge is 0.502 e. The summed E-state index contributed by atoms with van der Waals surface area (Å²) >= 11 is 0. The molecule has 1 aliphatic heterocycles. The number of aryl methyl sites for hydroxylation is 1. The zero-order valence-corrected chi connectivity index (χ0v) is 18.0. The van der Waals surface area contributed by atoms with Crippen molar-refractivity contribution in [3.8, 4) is 17.1 Å². The summed E-state index contributed by atoms with van der Waals surface area (Å²) < 4.78 is 36.1. The number of furan rings is 1. The van der Waals surface area contributed by atoms with E-state index in [1.54, 1.807) is 48.5 Å². The lowest BCUT2D eigenvalue weighted by atomic mass is 10.0. The molecule has 0 fully saturated rings. The first-order chi connectivity index (χ1) is 14.7. The Morgan fingerprint density at radius 3 is 2.29 bits per heavy atom. The number of methoxy groups -OCH3 is 1. The fourth-order valence-electron chi connectivity index (χ4n) is 3.78. The van der Waals surface area contributed by atoms with Gasteiger partial charge in [-0.2, -0.15) is 0 Å². The number of hydrogen-bond donors (Lipinski definition) is 1. The number of hydrogen-bond acceptors (Lipinski definition) is 6. The summed E-state index contributed by atoms with van der Waals surface area (Å²) in [4.78, 5) is 13.9. The van der Waals surface area contributed by atoms with E-state index in [2.05, 4.69) is 0 Å². The van der Waals surface area contributed by atoms with Crippen LogP contribution in [0.4, 0.5) is 5.69 Å². The minimum atomic E-state index is -3.90. The van der Waals surface area contributed by atoms with Gasteiger partial charge in [0, 0.05) is 23.1 Å². The molecule has 1 amide bonds. The van der Waals surface area contributed by atoms with E-state index >= 15 is 0 Å². The highest BCUT2D eigenvalue weighted by atomic mass is 32.2. The molecule has 0 saturated carbocycles. The summed E-state index contributed by atoms with van der Waals surface area (Å²) in [6, 6.07) is 16.4. The zero-order chi connectivity index (χ0) is 22.3. The van der Waals surface area contributed by atoms with Crippen LogP contribution >= 0.6 is 0 Å². The number of aliphatic hydroxyl groups is 1. The molecule has 0 saturated heterocycles. The Morgan fingerprint density at radius 2 is 1.71 bits per heavy atom. The van der Waals surface area contributed by atoms with Crippen LogP contribution < -0.4 is 9.64 Å². The van der Waals surface area contributed by atoms with Gasteiger partial charge in [0.15, 0.2) is 15.6 Å². The van der Waals surface area contributed by atoms with Crippen molar-refractivity contribution < 1.29 is 27.5 Å². The van der Waals surface area contributed by atoms with E-state index in [9.17, 15) is 18.3 Å². The molecular formula is C23H21NO6S. The highest BCUT2D eigenvalue weighted by molar-refractivity contribution is 7.94. The topological polar surface area (TPSA) is 97.1 Å². The summed E-state index contributed by atoms with van der Waals surface area (Å²) in [5.74, 6) is 0.277. The molecule has 2 heterocycles. The van der Waals surface area contributed by atoms with Gasteiger partial charge in [-0.3, -0.25) is 9.69 Å². The SMILES string of the molecule is COc1ccccc1C1C(S(C)(=O)=O)=C(O)C(=O)N1c1ccc(-c2ccc(C)o2)cc1. The van der Waals surface area contributed by atoms with Crippen molar-refractivity contribution in [3.05, 3.63) is 82.7 Å². The normalized spacial score (nSPS) is 16.8. The van der Waals surface area contributed by atoms with Crippen LogP contribution in [-0.4, -0.2) is 32.8 Å². The minimum Gasteiger partial charge on any atom is -0.502 e. The van der Waals surface area contributed by atoms with Crippen LogP contribution in [0.1, 0.15) is 17.4 Å². The summed E-state index contributed by atoms with van der Waals surface area (Å²) in [5, 5.41) is 10.5. The van der Waals surface area contributed by atoms with E-state index in [-0.39, 0.29) is 4.91 Å². The second kappa shape index (κ2) is 7.63. The van der Waals surface area contributed by atoms with Crippen LogP contribution in [0.15, 0.2) is 75.7 Å².